The molecule has 0 atom stereocenters. The summed E-state index contributed by atoms with van der Waals surface area (Å²) in [7, 11) is -3.75. The second-order valence-corrected chi connectivity index (χ2v) is 7.97. The van der Waals surface area contributed by atoms with Gasteiger partial charge in [-0.2, -0.15) is 0 Å². The minimum atomic E-state index is -3.75. The summed E-state index contributed by atoms with van der Waals surface area (Å²) < 4.78 is 32.6. The van der Waals surface area contributed by atoms with E-state index in [4.69, 9.17) is 16.0 Å². The van der Waals surface area contributed by atoms with Crippen LogP contribution in [-0.4, -0.2) is 14.3 Å². The zero-order valence-electron chi connectivity index (χ0n) is 14.4. The molecule has 0 spiro atoms. The molecule has 2 aromatic carbocycles. The molecule has 2 N–H and O–H groups in total. The minimum Gasteiger partial charge on any atom is -0.467 e. The Morgan fingerprint density at radius 3 is 2.48 bits per heavy atom. The third kappa shape index (κ3) is 4.69. The molecular formula is C19H17ClN2O4S. The number of carbonyl (C=O) groups excluding carboxylic acids is 1. The molecule has 8 heteroatoms. The first kappa shape index (κ1) is 19.0. The quantitative estimate of drug-likeness (QED) is 0.650. The maximum Gasteiger partial charge on any atom is 0.261 e. The topological polar surface area (TPSA) is 88.4 Å². The Balaban J connectivity index is 1.72. The number of benzene rings is 2. The number of anilines is 1. The highest BCUT2D eigenvalue weighted by atomic mass is 35.5. The number of hydrogen-bond acceptors (Lipinski definition) is 4. The van der Waals surface area contributed by atoms with Crippen molar-refractivity contribution in [2.75, 3.05) is 4.72 Å². The maximum absolute atomic E-state index is 12.5. The number of amides is 1. The summed E-state index contributed by atoms with van der Waals surface area (Å²) in [4.78, 5) is 12.3. The zero-order chi connectivity index (χ0) is 19.4. The molecule has 0 unspecified atom stereocenters. The van der Waals surface area contributed by atoms with Crippen molar-refractivity contribution >= 4 is 33.2 Å². The van der Waals surface area contributed by atoms with Crippen LogP contribution in [0.25, 0.3) is 0 Å². The molecule has 3 aromatic rings. The lowest BCUT2D eigenvalue weighted by Crippen LogP contribution is -2.22. The van der Waals surface area contributed by atoms with E-state index in [2.05, 4.69) is 10.0 Å². The van der Waals surface area contributed by atoms with E-state index < -0.39 is 10.0 Å². The number of furan rings is 1. The average molecular weight is 405 g/mol. The van der Waals surface area contributed by atoms with Gasteiger partial charge in [0.2, 0.25) is 0 Å². The summed E-state index contributed by atoms with van der Waals surface area (Å²) in [6.07, 6.45) is 1.53. The maximum atomic E-state index is 12.5. The van der Waals surface area contributed by atoms with E-state index in [0.29, 0.717) is 27.6 Å². The Morgan fingerprint density at radius 1 is 1.11 bits per heavy atom. The van der Waals surface area contributed by atoms with Crippen molar-refractivity contribution in [1.29, 1.82) is 0 Å². The van der Waals surface area contributed by atoms with Crippen molar-refractivity contribution in [3.8, 4) is 0 Å². The first-order valence-corrected chi connectivity index (χ1v) is 9.91. The fourth-order valence-electron chi connectivity index (χ4n) is 2.42. The number of nitrogens with one attached hydrogen (secondary N) is 2. The molecule has 0 saturated heterocycles. The average Bonchev–Trinajstić information content (AvgIpc) is 3.15. The van der Waals surface area contributed by atoms with Gasteiger partial charge in [0, 0.05) is 10.6 Å². The molecule has 140 valence electrons. The van der Waals surface area contributed by atoms with Gasteiger partial charge in [0.25, 0.3) is 15.9 Å². The predicted octanol–water partition coefficient (Wildman–Crippen LogP) is 3.97. The molecule has 0 aliphatic rings. The van der Waals surface area contributed by atoms with Crippen LogP contribution in [0.4, 0.5) is 5.69 Å². The number of halogens is 1. The molecule has 0 fully saturated rings. The largest absolute Gasteiger partial charge is 0.467 e. The summed E-state index contributed by atoms with van der Waals surface area (Å²) in [5, 5.41) is 3.20. The van der Waals surface area contributed by atoms with Crippen molar-refractivity contribution < 1.29 is 17.6 Å². The summed E-state index contributed by atoms with van der Waals surface area (Å²) in [5.74, 6) is 0.369. The van der Waals surface area contributed by atoms with Crippen molar-refractivity contribution in [2.45, 2.75) is 18.4 Å². The van der Waals surface area contributed by atoms with Gasteiger partial charge >= 0.3 is 0 Å². The van der Waals surface area contributed by atoms with Crippen LogP contribution in [0.3, 0.4) is 0 Å². The van der Waals surface area contributed by atoms with Crippen LogP contribution >= 0.6 is 11.6 Å². The molecule has 0 aliphatic carbocycles. The van der Waals surface area contributed by atoms with Gasteiger partial charge < -0.3 is 9.73 Å². The molecule has 1 amide bonds. The van der Waals surface area contributed by atoms with E-state index in [1.807, 2.05) is 0 Å². The molecule has 3 rings (SSSR count). The van der Waals surface area contributed by atoms with Gasteiger partial charge in [0.1, 0.15) is 5.76 Å². The first-order chi connectivity index (χ1) is 12.8. The fraction of sp³-hybridized carbons (Fsp3) is 0.105. The molecule has 6 nitrogen and oxygen atoms in total. The smallest absolute Gasteiger partial charge is 0.261 e. The van der Waals surface area contributed by atoms with Crippen molar-refractivity contribution in [1.82, 2.24) is 5.32 Å². The number of hydrogen-bond donors (Lipinski definition) is 2. The van der Waals surface area contributed by atoms with Crippen LogP contribution in [0, 0.1) is 6.92 Å². The molecular weight excluding hydrogens is 388 g/mol. The summed E-state index contributed by atoms with van der Waals surface area (Å²) in [6.45, 7) is 2.00. The van der Waals surface area contributed by atoms with Crippen LogP contribution in [0.2, 0.25) is 5.02 Å². The van der Waals surface area contributed by atoms with Crippen molar-refractivity contribution in [3.05, 3.63) is 82.8 Å². The normalized spacial score (nSPS) is 11.2. The van der Waals surface area contributed by atoms with Gasteiger partial charge in [-0.1, -0.05) is 11.6 Å². The van der Waals surface area contributed by atoms with Crippen LogP contribution in [0.5, 0.6) is 0 Å². The SMILES string of the molecule is Cc1cc(C(=O)NCc2ccco2)ccc1NS(=O)(=O)c1ccc(Cl)cc1. The predicted molar refractivity (Wildman–Crippen MR) is 103 cm³/mol. The Bertz CT molecular complexity index is 1050. The highest BCUT2D eigenvalue weighted by Crippen LogP contribution is 2.22. The van der Waals surface area contributed by atoms with Gasteiger partial charge in [0.15, 0.2) is 0 Å². The molecule has 1 aromatic heterocycles. The second-order valence-electron chi connectivity index (χ2n) is 5.85. The molecule has 1 heterocycles. The Hall–Kier alpha value is -2.77. The van der Waals surface area contributed by atoms with Gasteiger partial charge in [-0.3, -0.25) is 9.52 Å². The third-order valence-corrected chi connectivity index (χ3v) is 5.49. The van der Waals surface area contributed by atoms with E-state index in [0.717, 1.165) is 0 Å². The third-order valence-electron chi connectivity index (χ3n) is 3.86. The summed E-state index contributed by atoms with van der Waals surface area (Å²) >= 11 is 5.79. The highest BCUT2D eigenvalue weighted by Gasteiger charge is 2.16. The zero-order valence-corrected chi connectivity index (χ0v) is 16.0. The molecule has 0 aliphatic heterocycles. The molecule has 0 saturated carbocycles. The number of aryl methyl sites for hydroxylation is 1. The lowest BCUT2D eigenvalue weighted by Gasteiger charge is -2.12. The Labute approximate surface area is 162 Å². The van der Waals surface area contributed by atoms with Crippen LogP contribution in [-0.2, 0) is 16.6 Å². The molecule has 0 bridgehead atoms. The van der Waals surface area contributed by atoms with E-state index >= 15 is 0 Å². The Morgan fingerprint density at radius 2 is 1.85 bits per heavy atom. The lowest BCUT2D eigenvalue weighted by molar-refractivity contribution is 0.0948. The molecule has 0 radical (unpaired) electrons. The summed E-state index contributed by atoms with van der Waals surface area (Å²) in [5.41, 5.74) is 1.44. The van der Waals surface area contributed by atoms with Crippen LogP contribution < -0.4 is 10.0 Å². The first-order valence-electron chi connectivity index (χ1n) is 8.05. The number of rotatable bonds is 6. The van der Waals surface area contributed by atoms with Crippen LogP contribution in [0.15, 0.2) is 70.2 Å². The fourth-order valence-corrected chi connectivity index (χ4v) is 3.68. The lowest BCUT2D eigenvalue weighted by atomic mass is 10.1. The van der Waals surface area contributed by atoms with Gasteiger partial charge in [-0.15, -0.1) is 0 Å². The number of carbonyl (C=O) groups is 1. The standard InChI is InChI=1S/C19H17ClN2O4S/c1-13-11-14(19(23)21-12-16-3-2-10-26-16)4-9-18(13)22-27(24,25)17-7-5-15(20)6-8-17/h2-11,22H,12H2,1H3,(H,21,23). The minimum absolute atomic E-state index is 0.103. The van der Waals surface area contributed by atoms with Crippen LogP contribution in [0.1, 0.15) is 21.7 Å². The monoisotopic (exact) mass is 404 g/mol. The van der Waals surface area contributed by atoms with E-state index in [1.165, 1.54) is 30.5 Å². The number of sulfonamides is 1. The van der Waals surface area contributed by atoms with E-state index in [9.17, 15) is 13.2 Å². The molecule has 27 heavy (non-hydrogen) atoms. The van der Waals surface area contributed by atoms with Gasteiger partial charge in [0.05, 0.1) is 23.4 Å². The van der Waals surface area contributed by atoms with Gasteiger partial charge in [-0.25, -0.2) is 8.42 Å². The Kier molecular flexibility index (Phi) is 5.53. The van der Waals surface area contributed by atoms with Crippen molar-refractivity contribution in [2.24, 2.45) is 0 Å². The van der Waals surface area contributed by atoms with E-state index in [-0.39, 0.29) is 17.3 Å². The van der Waals surface area contributed by atoms with E-state index in [1.54, 1.807) is 37.3 Å². The van der Waals surface area contributed by atoms with Crippen molar-refractivity contribution in [3.63, 3.8) is 0 Å². The van der Waals surface area contributed by atoms with Gasteiger partial charge in [-0.05, 0) is 67.1 Å². The summed E-state index contributed by atoms with van der Waals surface area (Å²) in [6, 6.07) is 14.1. The highest BCUT2D eigenvalue weighted by molar-refractivity contribution is 7.92. The second kappa shape index (κ2) is 7.85.